The van der Waals surface area contributed by atoms with Crippen LogP contribution in [-0.4, -0.2) is 56.4 Å². The van der Waals surface area contributed by atoms with E-state index in [0.717, 1.165) is 0 Å². The molecule has 0 aliphatic carbocycles. The van der Waals surface area contributed by atoms with Gasteiger partial charge in [-0.25, -0.2) is 15.0 Å². The molecule has 1 saturated heterocycles. The summed E-state index contributed by atoms with van der Waals surface area (Å²) >= 11 is 0. The summed E-state index contributed by atoms with van der Waals surface area (Å²) < 4.78 is 22.8. The molecule has 11 heteroatoms. The molecule has 210 valence electrons. The Hall–Kier alpha value is -1.98. The maximum atomic E-state index is 7.13. The molecule has 2 N–H and O–H groups in total. The number of rotatable bonds is 5. The molecule has 0 unspecified atom stereocenters. The van der Waals surface area contributed by atoms with Crippen molar-refractivity contribution in [3.8, 4) is 11.5 Å². The van der Waals surface area contributed by atoms with Crippen molar-refractivity contribution in [1.82, 2.24) is 19.5 Å². The summed E-state index contributed by atoms with van der Waals surface area (Å²) in [6.07, 6.45) is 3.68. The highest BCUT2D eigenvalue weighted by atomic mass is 28.4. The number of nitrogens with two attached hydrogens (primary N) is 1. The maximum absolute atomic E-state index is 7.13. The van der Waals surface area contributed by atoms with Gasteiger partial charge in [0.2, 0.25) is 6.23 Å². The van der Waals surface area contributed by atoms with Gasteiger partial charge in [-0.1, -0.05) is 67.1 Å². The number of hydrogen-bond donors (Lipinski definition) is 1. The van der Waals surface area contributed by atoms with Gasteiger partial charge in [0.05, 0.1) is 0 Å². The lowest BCUT2D eigenvalue weighted by Crippen LogP contribution is -2.52. The van der Waals surface area contributed by atoms with E-state index in [1.165, 1.54) is 6.33 Å². The summed E-state index contributed by atoms with van der Waals surface area (Å²) in [5.41, 5.74) is 10.7. The predicted molar refractivity (Wildman–Crippen MR) is 163 cm³/mol. The van der Waals surface area contributed by atoms with E-state index in [0.29, 0.717) is 22.7 Å². The fourth-order valence-electron chi connectivity index (χ4n) is 3.55. The number of nitrogens with zero attached hydrogens (tertiary/aromatic N) is 4. The quantitative estimate of drug-likeness (QED) is 0.323. The Kier molecular flexibility index (Phi) is 8.21. The highest BCUT2D eigenvalue weighted by Gasteiger charge is 2.53. The van der Waals surface area contributed by atoms with Gasteiger partial charge in [0.1, 0.15) is 44.2 Å². The number of allylic oxidation sites excluding steroid dienone is 1. The summed E-state index contributed by atoms with van der Waals surface area (Å²) in [5.74, 6) is 4.32. The summed E-state index contributed by atoms with van der Waals surface area (Å²) in [4.78, 5) is 13.1. The van der Waals surface area contributed by atoms with E-state index < -0.39 is 43.1 Å². The molecule has 38 heavy (non-hydrogen) atoms. The van der Waals surface area contributed by atoms with Crippen molar-refractivity contribution in [3.05, 3.63) is 24.5 Å². The monoisotopic (exact) mass is 573 g/mol. The highest BCUT2D eigenvalue weighted by Crippen LogP contribution is 2.47. The van der Waals surface area contributed by atoms with Gasteiger partial charge >= 0.3 is 0 Å². The van der Waals surface area contributed by atoms with Gasteiger partial charge in [-0.3, -0.25) is 4.57 Å². The molecule has 1 aliphatic rings. The third-order valence-corrected chi connectivity index (χ3v) is 17.7. The van der Waals surface area contributed by atoms with Crippen molar-refractivity contribution in [1.29, 1.82) is 0 Å². The Morgan fingerprint density at radius 2 is 1.50 bits per heavy atom. The van der Waals surface area contributed by atoms with Crippen molar-refractivity contribution >= 4 is 41.7 Å². The van der Waals surface area contributed by atoms with Gasteiger partial charge in [0, 0.05) is 6.08 Å². The minimum Gasteiger partial charge on any atom is -0.468 e. The van der Waals surface area contributed by atoms with Gasteiger partial charge in [-0.05, 0) is 36.3 Å². The molecule has 0 radical (unpaired) electrons. The van der Waals surface area contributed by atoms with E-state index in [2.05, 4.69) is 114 Å². The van der Waals surface area contributed by atoms with E-state index in [-0.39, 0.29) is 10.1 Å². The summed E-state index contributed by atoms with van der Waals surface area (Å²) in [6, 6.07) is 0. The van der Waals surface area contributed by atoms with Gasteiger partial charge in [-0.15, -0.1) is 5.54 Å². The summed E-state index contributed by atoms with van der Waals surface area (Å²) in [6.45, 7) is 29.2. The smallest absolute Gasteiger partial charge is 0.206 e. The van der Waals surface area contributed by atoms with Crippen molar-refractivity contribution in [2.24, 2.45) is 0 Å². The van der Waals surface area contributed by atoms with E-state index in [1.54, 1.807) is 6.33 Å². The predicted octanol–water partition coefficient (Wildman–Crippen LogP) is 6.48. The van der Waals surface area contributed by atoms with Crippen molar-refractivity contribution in [2.45, 2.75) is 116 Å². The second kappa shape index (κ2) is 10.2. The Balaban J connectivity index is 2.22. The van der Waals surface area contributed by atoms with Gasteiger partial charge in [0.25, 0.3) is 0 Å². The first kappa shape index (κ1) is 30.6. The molecule has 1 aliphatic heterocycles. The lowest BCUT2D eigenvalue weighted by molar-refractivity contribution is -0.00177. The lowest BCUT2D eigenvalue weighted by Gasteiger charge is -2.43. The van der Waals surface area contributed by atoms with Crippen LogP contribution in [0.25, 0.3) is 11.2 Å². The van der Waals surface area contributed by atoms with Crippen LogP contribution in [0.1, 0.15) is 47.8 Å². The van der Waals surface area contributed by atoms with Crippen LogP contribution in [0.3, 0.4) is 0 Å². The molecular formula is C27H47N5O3Si3. The normalized spacial score (nSPS) is 22.4. The number of anilines is 1. The molecule has 0 aromatic carbocycles. The Morgan fingerprint density at radius 1 is 0.921 bits per heavy atom. The molecule has 0 saturated carbocycles. The van der Waals surface area contributed by atoms with Gasteiger partial charge < -0.3 is 19.3 Å². The largest absolute Gasteiger partial charge is 0.468 e. The zero-order valence-electron chi connectivity index (χ0n) is 25.6. The number of imidazole rings is 1. The van der Waals surface area contributed by atoms with Crippen LogP contribution in [0, 0.1) is 11.5 Å². The second-order valence-corrected chi connectivity index (χ2v) is 28.6. The van der Waals surface area contributed by atoms with Gasteiger partial charge in [-0.2, -0.15) is 0 Å². The third kappa shape index (κ3) is 6.42. The standard InChI is InChI=1S/C27H47N5O3Si3/c1-26(2,3)37(10,11)34-21-19(15-14-16-36(7,8)9)33-25(22(21)35-38(12,13)27(4,5)6)32-18-31-20-23(28)29-17-30-24(20)32/h15,17-18,21-22,25H,1-13H3,(H2,28,29,30)/b19-15-/t21-,22-,25-/m1/s1. The second-order valence-electron chi connectivity index (χ2n) is 14.3. The Morgan fingerprint density at radius 3 is 2.05 bits per heavy atom. The van der Waals surface area contributed by atoms with Crippen LogP contribution in [0.2, 0.25) is 55.9 Å². The fraction of sp³-hybridized carbons (Fsp3) is 0.667. The Labute approximate surface area is 232 Å². The molecule has 3 atom stereocenters. The number of ether oxygens (including phenoxy) is 1. The molecular weight excluding hydrogens is 527 g/mol. The topological polar surface area (TPSA) is 97.3 Å². The first-order valence-corrected chi connectivity index (χ1v) is 22.6. The van der Waals surface area contributed by atoms with E-state index in [4.69, 9.17) is 19.3 Å². The molecule has 2 aromatic rings. The Bertz CT molecular complexity index is 1260. The molecule has 2 aromatic heterocycles. The van der Waals surface area contributed by atoms with Crippen LogP contribution in [0.15, 0.2) is 24.5 Å². The van der Waals surface area contributed by atoms with Crippen LogP contribution in [-0.2, 0) is 13.6 Å². The molecule has 0 bridgehead atoms. The van der Waals surface area contributed by atoms with E-state index in [1.807, 2.05) is 10.6 Å². The summed E-state index contributed by atoms with van der Waals surface area (Å²) in [7, 11) is -6.06. The zero-order valence-corrected chi connectivity index (χ0v) is 28.6. The average molecular weight is 574 g/mol. The minimum atomic E-state index is -2.25. The number of nitrogen functional groups attached to an aromatic ring is 1. The zero-order chi connectivity index (χ0) is 28.9. The molecule has 0 amide bonds. The highest BCUT2D eigenvalue weighted by molar-refractivity contribution is 6.83. The molecule has 3 rings (SSSR count). The van der Waals surface area contributed by atoms with Crippen molar-refractivity contribution in [3.63, 3.8) is 0 Å². The minimum absolute atomic E-state index is 0.00506. The average Bonchev–Trinajstić information content (AvgIpc) is 3.28. The fourth-order valence-corrected chi connectivity index (χ4v) is 6.57. The first-order valence-electron chi connectivity index (χ1n) is 13.3. The number of aromatic nitrogens is 4. The number of fused-ring (bicyclic) bond motifs is 1. The van der Waals surface area contributed by atoms with Crippen LogP contribution in [0.4, 0.5) is 5.82 Å². The van der Waals surface area contributed by atoms with Crippen LogP contribution in [0.5, 0.6) is 0 Å². The number of hydrogen-bond acceptors (Lipinski definition) is 7. The lowest BCUT2D eigenvalue weighted by atomic mass is 10.2. The van der Waals surface area contributed by atoms with Gasteiger partial charge in [0.15, 0.2) is 28.1 Å². The molecule has 3 heterocycles. The summed E-state index contributed by atoms with van der Waals surface area (Å²) in [5, 5.41) is -0.00210. The maximum Gasteiger partial charge on any atom is 0.206 e. The van der Waals surface area contributed by atoms with E-state index in [9.17, 15) is 0 Å². The van der Waals surface area contributed by atoms with E-state index >= 15 is 0 Å². The molecule has 8 nitrogen and oxygen atoms in total. The SMILES string of the molecule is CC(C)(C)[Si](C)(C)O[C@@H]1[C@H](O[Si](C)(C)C(C)(C)C)/C(=C/C#C[Si](C)(C)C)O[C@H]1n1cnc2c(N)ncnc21. The van der Waals surface area contributed by atoms with Crippen LogP contribution >= 0.6 is 0 Å². The van der Waals surface area contributed by atoms with Crippen molar-refractivity contribution in [2.75, 3.05) is 5.73 Å². The third-order valence-electron chi connectivity index (χ3n) is 7.90. The first-order chi connectivity index (χ1) is 17.1. The van der Waals surface area contributed by atoms with Crippen molar-refractivity contribution < 1.29 is 13.6 Å². The van der Waals surface area contributed by atoms with Crippen LogP contribution < -0.4 is 5.73 Å². The molecule has 1 fully saturated rings. The molecule has 0 spiro atoms.